The maximum atomic E-state index is 13.0. The molecule has 1 saturated heterocycles. The van der Waals surface area contributed by atoms with Gasteiger partial charge in [0.2, 0.25) is 0 Å². The minimum atomic E-state index is -2.63. The zero-order chi connectivity index (χ0) is 31.2. The van der Waals surface area contributed by atoms with E-state index in [4.69, 9.17) is 23.7 Å². The lowest BCUT2D eigenvalue weighted by Gasteiger charge is -2.59. The van der Waals surface area contributed by atoms with Crippen LogP contribution in [0, 0.1) is 17.3 Å². The molecule has 3 rings (SSSR count). The van der Waals surface area contributed by atoms with Crippen LogP contribution in [0.3, 0.4) is 0 Å². The van der Waals surface area contributed by atoms with Crippen molar-refractivity contribution in [2.24, 2.45) is 17.3 Å². The van der Waals surface area contributed by atoms with Crippen LogP contribution >= 0.6 is 0 Å². The van der Waals surface area contributed by atoms with Crippen molar-refractivity contribution in [1.29, 1.82) is 0 Å². The van der Waals surface area contributed by atoms with Crippen LogP contribution in [0.4, 0.5) is 0 Å². The predicted octanol–water partition coefficient (Wildman–Crippen LogP) is 0.494. The molecule has 0 radical (unpaired) electrons. The largest absolute Gasteiger partial charge is 0.462 e. The Hall–Kier alpha value is -3.03. The van der Waals surface area contributed by atoms with E-state index in [1.165, 1.54) is 6.08 Å². The lowest BCUT2D eigenvalue weighted by Crippen LogP contribution is -2.73. The highest BCUT2D eigenvalue weighted by molar-refractivity contribution is 5.84. The van der Waals surface area contributed by atoms with Crippen molar-refractivity contribution >= 4 is 29.8 Å². The summed E-state index contributed by atoms with van der Waals surface area (Å²) in [4.78, 5) is 62.7. The smallest absolute Gasteiger partial charge is 0.341 e. The molecule has 1 saturated carbocycles. The van der Waals surface area contributed by atoms with Crippen molar-refractivity contribution in [1.82, 2.24) is 0 Å². The fourth-order valence-electron chi connectivity index (χ4n) is 6.88. The number of rotatable bonds is 4. The second-order valence-corrected chi connectivity index (χ2v) is 11.8. The maximum absolute atomic E-state index is 13.0. The highest BCUT2D eigenvalue weighted by atomic mass is 16.6. The highest BCUT2D eigenvalue weighted by Crippen LogP contribution is 2.57. The first-order valence-corrected chi connectivity index (χ1v) is 13.5. The lowest BCUT2D eigenvalue weighted by atomic mass is 9.52. The van der Waals surface area contributed by atoms with Gasteiger partial charge in [-0.05, 0) is 25.8 Å². The molecule has 0 unspecified atom stereocenters. The second kappa shape index (κ2) is 11.3. The summed E-state index contributed by atoms with van der Waals surface area (Å²) in [5, 5.41) is 35.0. The molecule has 13 nitrogen and oxygen atoms in total. The van der Waals surface area contributed by atoms with Crippen molar-refractivity contribution in [3.63, 3.8) is 0 Å². The van der Waals surface area contributed by atoms with Crippen LogP contribution in [0.5, 0.6) is 0 Å². The molecular formula is C28H40O13. The predicted molar refractivity (Wildman–Crippen MR) is 137 cm³/mol. The van der Waals surface area contributed by atoms with Gasteiger partial charge in [0.25, 0.3) is 0 Å². The molecule has 11 atom stereocenters. The molecule has 230 valence electrons. The van der Waals surface area contributed by atoms with E-state index in [0.29, 0.717) is 5.57 Å². The molecule has 1 heterocycles. The zero-order valence-electron chi connectivity index (χ0n) is 24.5. The molecule has 1 aliphatic heterocycles. The average molecular weight is 585 g/mol. The van der Waals surface area contributed by atoms with E-state index in [2.05, 4.69) is 0 Å². The molecule has 13 heteroatoms. The fourth-order valence-corrected chi connectivity index (χ4v) is 6.88. The van der Waals surface area contributed by atoms with Crippen LogP contribution in [0.15, 0.2) is 11.6 Å². The minimum absolute atomic E-state index is 0.0892. The summed E-state index contributed by atoms with van der Waals surface area (Å²) in [6.07, 6.45) is -7.32. The van der Waals surface area contributed by atoms with Gasteiger partial charge in [-0.2, -0.15) is 0 Å². The van der Waals surface area contributed by atoms with E-state index in [1.54, 1.807) is 20.8 Å². The number of carbonyl (C=O) groups excluding carboxylic acids is 5. The van der Waals surface area contributed by atoms with Crippen LogP contribution < -0.4 is 0 Å². The van der Waals surface area contributed by atoms with Crippen molar-refractivity contribution in [2.45, 2.75) is 116 Å². The summed E-state index contributed by atoms with van der Waals surface area (Å²) in [5.74, 6) is -6.53. The number of carbonyl (C=O) groups is 5. The van der Waals surface area contributed by atoms with Gasteiger partial charge in [-0.15, -0.1) is 0 Å². The topological polar surface area (TPSA) is 192 Å². The molecule has 0 amide bonds. The fraction of sp³-hybridized carbons (Fsp3) is 0.750. The Kier molecular flexibility index (Phi) is 8.98. The van der Waals surface area contributed by atoms with E-state index in [0.717, 1.165) is 34.6 Å². The quantitative estimate of drug-likeness (QED) is 0.235. The molecule has 41 heavy (non-hydrogen) atoms. The van der Waals surface area contributed by atoms with Gasteiger partial charge >= 0.3 is 29.8 Å². The van der Waals surface area contributed by atoms with E-state index in [1.807, 2.05) is 0 Å². The van der Waals surface area contributed by atoms with Gasteiger partial charge in [0.05, 0.1) is 11.5 Å². The molecule has 0 aromatic rings. The third-order valence-corrected chi connectivity index (χ3v) is 8.77. The molecule has 0 aromatic heterocycles. The maximum Gasteiger partial charge on any atom is 0.341 e. The van der Waals surface area contributed by atoms with Crippen molar-refractivity contribution in [2.75, 3.05) is 0 Å². The Morgan fingerprint density at radius 2 is 1.41 bits per heavy atom. The third-order valence-electron chi connectivity index (χ3n) is 8.77. The second-order valence-electron chi connectivity index (χ2n) is 11.8. The molecule has 0 spiro atoms. The summed E-state index contributed by atoms with van der Waals surface area (Å²) >= 11 is 0. The Morgan fingerprint density at radius 1 is 0.902 bits per heavy atom. The van der Waals surface area contributed by atoms with Crippen LogP contribution in [0.1, 0.15) is 68.2 Å². The van der Waals surface area contributed by atoms with Crippen molar-refractivity contribution in [3.05, 3.63) is 11.6 Å². The molecule has 0 bridgehead atoms. The third kappa shape index (κ3) is 5.59. The molecular weight excluding hydrogens is 544 g/mol. The van der Waals surface area contributed by atoms with Crippen LogP contribution in [0.25, 0.3) is 0 Å². The molecule has 3 N–H and O–H groups in total. The number of esters is 5. The number of aliphatic hydroxyl groups excluding tert-OH is 1. The van der Waals surface area contributed by atoms with E-state index < -0.39 is 94.9 Å². The van der Waals surface area contributed by atoms with E-state index in [-0.39, 0.29) is 12.8 Å². The molecule has 0 aromatic carbocycles. The van der Waals surface area contributed by atoms with Gasteiger partial charge in [-0.25, -0.2) is 4.79 Å². The lowest BCUT2D eigenvalue weighted by molar-refractivity contribution is -0.271. The zero-order valence-corrected chi connectivity index (χ0v) is 24.5. The van der Waals surface area contributed by atoms with Crippen LogP contribution in [-0.2, 0) is 47.7 Å². The Bertz CT molecular complexity index is 1130. The summed E-state index contributed by atoms with van der Waals surface area (Å²) < 4.78 is 28.3. The van der Waals surface area contributed by atoms with Gasteiger partial charge in [-0.3, -0.25) is 19.2 Å². The SMILES string of the molecule is CC(=O)O[C@H]1C/C(C)=C\[C@@H]2OC(=O)[C@](C)(O)[C@]2(O)[C@H](OC(C)=O)[C@H]2[C@@H](C)[C@@H](O)C[C@H](OC(C)=O)[C@]2(C)[C@H]1OC(C)=O. The Morgan fingerprint density at radius 3 is 1.93 bits per heavy atom. The first kappa shape index (κ1) is 32.5. The first-order chi connectivity index (χ1) is 18.8. The highest BCUT2D eigenvalue weighted by Gasteiger charge is 2.74. The molecule has 2 aliphatic carbocycles. The van der Waals surface area contributed by atoms with Crippen LogP contribution in [-0.4, -0.2) is 93.0 Å². The molecule has 2 fully saturated rings. The number of hydrogen-bond acceptors (Lipinski definition) is 13. The minimum Gasteiger partial charge on any atom is -0.462 e. The average Bonchev–Trinajstić information content (AvgIpc) is 2.98. The number of hydrogen-bond donors (Lipinski definition) is 3. The standard InChI is InChI=1S/C28H40O13/c1-12-9-19(37-14(3)29)23(39-16(5)31)26(7)20(38-15(4)30)11-18(33)13(2)22(26)24(40-17(6)32)28(36)21(10-12)41-25(34)27(28,8)35/h10,13,18-24,33,35-36H,9,11H2,1-8H3/b12-10-/t13-,18-,19-,20-,21-,22+,23-,24+,26-,27-,28+/m0/s1. The molecule has 3 aliphatic rings. The van der Waals surface area contributed by atoms with E-state index >= 15 is 0 Å². The van der Waals surface area contributed by atoms with Gasteiger partial charge < -0.3 is 39.0 Å². The number of fused-ring (bicyclic) bond motifs is 2. The summed E-state index contributed by atoms with van der Waals surface area (Å²) in [7, 11) is 0. The van der Waals surface area contributed by atoms with Gasteiger partial charge in [0.1, 0.15) is 24.4 Å². The van der Waals surface area contributed by atoms with Gasteiger partial charge in [0.15, 0.2) is 17.3 Å². The summed E-state index contributed by atoms with van der Waals surface area (Å²) in [5.41, 5.74) is -6.52. The summed E-state index contributed by atoms with van der Waals surface area (Å²) in [6.45, 7) is 10.2. The van der Waals surface area contributed by atoms with Crippen LogP contribution in [0.2, 0.25) is 0 Å². The summed E-state index contributed by atoms with van der Waals surface area (Å²) in [6, 6.07) is 0. The van der Waals surface area contributed by atoms with Crippen molar-refractivity contribution < 1.29 is 63.0 Å². The Labute approximate surface area is 238 Å². The monoisotopic (exact) mass is 584 g/mol. The van der Waals surface area contributed by atoms with Crippen molar-refractivity contribution in [3.8, 4) is 0 Å². The van der Waals surface area contributed by atoms with Gasteiger partial charge in [-0.1, -0.05) is 19.4 Å². The van der Waals surface area contributed by atoms with Gasteiger partial charge in [0, 0.05) is 46.5 Å². The Balaban J connectivity index is 2.50. The number of ether oxygens (including phenoxy) is 5. The normalized spacial score (nSPS) is 43.7. The number of aliphatic hydroxyl groups is 3. The first-order valence-electron chi connectivity index (χ1n) is 13.5. The van der Waals surface area contributed by atoms with E-state index in [9.17, 15) is 39.3 Å².